The van der Waals surface area contributed by atoms with Gasteiger partial charge in [-0.25, -0.2) is 0 Å². The monoisotopic (exact) mass is 293 g/mol. The maximum atomic E-state index is 12.3. The lowest BCUT2D eigenvalue weighted by molar-refractivity contribution is -0.136. The van der Waals surface area contributed by atoms with Gasteiger partial charge in [0.05, 0.1) is 17.1 Å². The molecule has 2 amide bonds. The zero-order valence-corrected chi connectivity index (χ0v) is 12.8. The third-order valence-corrected chi connectivity index (χ3v) is 4.19. The number of hydrogen-bond donors (Lipinski definition) is 2. The first kappa shape index (κ1) is 15.3. The van der Waals surface area contributed by atoms with E-state index >= 15 is 0 Å². The third kappa shape index (κ3) is 3.17. The molecule has 0 atom stereocenters. The smallest absolute Gasteiger partial charge is 0.244 e. The maximum absolute atomic E-state index is 12.3. The maximum Gasteiger partial charge on any atom is 0.244 e. The number of amides is 2. The topological polar surface area (TPSA) is 93.2 Å². The molecule has 1 fully saturated rings. The van der Waals surface area contributed by atoms with Gasteiger partial charge in [-0.2, -0.15) is 5.10 Å². The molecule has 2 heterocycles. The fourth-order valence-corrected chi connectivity index (χ4v) is 2.69. The van der Waals surface area contributed by atoms with Gasteiger partial charge in [0.15, 0.2) is 0 Å². The summed E-state index contributed by atoms with van der Waals surface area (Å²) in [5.74, 6) is 0.104. The second-order valence-corrected chi connectivity index (χ2v) is 5.51. The molecule has 1 saturated heterocycles. The summed E-state index contributed by atoms with van der Waals surface area (Å²) in [4.78, 5) is 25.7. The first-order chi connectivity index (χ1) is 9.93. The highest BCUT2D eigenvalue weighted by atomic mass is 16.2. The number of aryl methyl sites for hydroxylation is 1. The quantitative estimate of drug-likeness (QED) is 0.824. The second kappa shape index (κ2) is 6.15. The molecule has 7 nitrogen and oxygen atoms in total. The average Bonchev–Trinajstić information content (AvgIpc) is 2.74. The molecule has 0 bridgehead atoms. The van der Waals surface area contributed by atoms with Crippen LogP contribution < -0.4 is 11.1 Å². The highest BCUT2D eigenvalue weighted by molar-refractivity contribution is 5.79. The summed E-state index contributed by atoms with van der Waals surface area (Å²) in [6.45, 7) is 5.13. The Labute approximate surface area is 124 Å². The molecule has 0 aliphatic carbocycles. The van der Waals surface area contributed by atoms with Crippen LogP contribution in [-0.2, 0) is 16.1 Å². The molecule has 3 N–H and O–H groups in total. The number of nitrogen functional groups attached to an aromatic ring is 1. The number of nitrogens with zero attached hydrogens (tertiary/aromatic N) is 3. The Hall–Kier alpha value is -2.05. The number of carbonyl (C=O) groups is 2. The second-order valence-electron chi connectivity index (χ2n) is 5.51. The van der Waals surface area contributed by atoms with Gasteiger partial charge in [-0.3, -0.25) is 14.3 Å². The minimum atomic E-state index is 0.0170. The van der Waals surface area contributed by atoms with Crippen molar-refractivity contribution in [2.75, 3.05) is 25.9 Å². The number of piperidine rings is 1. The van der Waals surface area contributed by atoms with Crippen molar-refractivity contribution < 1.29 is 9.59 Å². The Bertz CT molecular complexity index is 544. The molecule has 116 valence electrons. The number of anilines is 1. The Morgan fingerprint density at radius 2 is 1.95 bits per heavy atom. The number of aromatic nitrogens is 2. The Morgan fingerprint density at radius 1 is 1.33 bits per heavy atom. The van der Waals surface area contributed by atoms with E-state index in [0.717, 1.165) is 11.4 Å². The van der Waals surface area contributed by atoms with E-state index in [2.05, 4.69) is 10.4 Å². The SMILES string of the molecule is CNC(=O)C1CCN(C(=O)Cn2nc(C)c(N)c2C)CC1. The van der Waals surface area contributed by atoms with Crippen LogP contribution >= 0.6 is 0 Å². The van der Waals surface area contributed by atoms with Crippen molar-refractivity contribution >= 4 is 17.5 Å². The summed E-state index contributed by atoms with van der Waals surface area (Å²) in [5, 5.41) is 6.95. The van der Waals surface area contributed by atoms with Gasteiger partial charge in [-0.1, -0.05) is 0 Å². The van der Waals surface area contributed by atoms with Crippen molar-refractivity contribution in [3.05, 3.63) is 11.4 Å². The molecule has 7 heteroatoms. The lowest BCUT2D eigenvalue weighted by Crippen LogP contribution is -2.43. The molecule has 0 radical (unpaired) electrons. The lowest BCUT2D eigenvalue weighted by Gasteiger charge is -2.31. The molecule has 0 aromatic carbocycles. The number of rotatable bonds is 3. The van der Waals surface area contributed by atoms with E-state index in [0.29, 0.717) is 31.6 Å². The minimum Gasteiger partial charge on any atom is -0.396 e. The third-order valence-electron chi connectivity index (χ3n) is 4.19. The van der Waals surface area contributed by atoms with Crippen LogP contribution in [0.5, 0.6) is 0 Å². The first-order valence-corrected chi connectivity index (χ1v) is 7.23. The fraction of sp³-hybridized carbons (Fsp3) is 0.643. The van der Waals surface area contributed by atoms with Gasteiger partial charge in [-0.15, -0.1) is 0 Å². The molecular weight excluding hydrogens is 270 g/mol. The van der Waals surface area contributed by atoms with E-state index in [4.69, 9.17) is 5.73 Å². The zero-order chi connectivity index (χ0) is 15.6. The summed E-state index contributed by atoms with van der Waals surface area (Å²) < 4.78 is 1.65. The summed E-state index contributed by atoms with van der Waals surface area (Å²) in [6.07, 6.45) is 1.43. The number of nitrogens with two attached hydrogens (primary N) is 1. The minimum absolute atomic E-state index is 0.0170. The summed E-state index contributed by atoms with van der Waals surface area (Å²) in [5.41, 5.74) is 8.08. The molecule has 2 rings (SSSR count). The fourth-order valence-electron chi connectivity index (χ4n) is 2.69. The van der Waals surface area contributed by atoms with E-state index in [9.17, 15) is 9.59 Å². The van der Waals surface area contributed by atoms with Crippen molar-refractivity contribution in [2.45, 2.75) is 33.2 Å². The number of likely N-dealkylation sites (tertiary alicyclic amines) is 1. The Balaban J connectivity index is 1.93. The van der Waals surface area contributed by atoms with Crippen LogP contribution in [0.15, 0.2) is 0 Å². The molecule has 1 aromatic rings. The normalized spacial score (nSPS) is 16.0. The zero-order valence-electron chi connectivity index (χ0n) is 12.8. The van der Waals surface area contributed by atoms with Crippen molar-refractivity contribution in [2.24, 2.45) is 5.92 Å². The standard InChI is InChI=1S/C14H23N5O2/c1-9-13(15)10(2)19(17-9)8-12(20)18-6-4-11(5-7-18)14(21)16-3/h11H,4-8,15H2,1-3H3,(H,16,21). The predicted molar refractivity (Wildman–Crippen MR) is 79.5 cm³/mol. The van der Waals surface area contributed by atoms with Crippen molar-refractivity contribution in [3.8, 4) is 0 Å². The summed E-state index contributed by atoms with van der Waals surface area (Å²) in [7, 11) is 1.65. The summed E-state index contributed by atoms with van der Waals surface area (Å²) in [6, 6.07) is 0. The van der Waals surface area contributed by atoms with Crippen molar-refractivity contribution in [1.29, 1.82) is 0 Å². The van der Waals surface area contributed by atoms with Crippen LogP contribution in [-0.4, -0.2) is 46.6 Å². The molecule has 1 aliphatic heterocycles. The molecule has 0 saturated carbocycles. The van der Waals surface area contributed by atoms with Gasteiger partial charge in [0.2, 0.25) is 11.8 Å². The number of carbonyl (C=O) groups excluding carboxylic acids is 2. The molecule has 0 spiro atoms. The molecule has 1 aromatic heterocycles. The van der Waals surface area contributed by atoms with Gasteiger partial charge in [0.25, 0.3) is 0 Å². The van der Waals surface area contributed by atoms with Crippen LogP contribution in [0.1, 0.15) is 24.2 Å². The molecular formula is C14H23N5O2. The number of hydrogen-bond acceptors (Lipinski definition) is 4. The Morgan fingerprint density at radius 3 is 2.43 bits per heavy atom. The molecule has 1 aliphatic rings. The van der Waals surface area contributed by atoms with Crippen molar-refractivity contribution in [1.82, 2.24) is 20.0 Å². The first-order valence-electron chi connectivity index (χ1n) is 7.23. The Kier molecular flexibility index (Phi) is 4.50. The predicted octanol–water partition coefficient (Wildman–Crippen LogP) is 0.0667. The van der Waals surface area contributed by atoms with Crippen LogP contribution in [0, 0.1) is 19.8 Å². The van der Waals surface area contributed by atoms with Gasteiger partial charge in [0, 0.05) is 26.1 Å². The van der Waals surface area contributed by atoms with Crippen LogP contribution in [0.2, 0.25) is 0 Å². The van der Waals surface area contributed by atoms with E-state index in [-0.39, 0.29) is 24.3 Å². The van der Waals surface area contributed by atoms with Crippen LogP contribution in [0.25, 0.3) is 0 Å². The van der Waals surface area contributed by atoms with Gasteiger partial charge in [-0.05, 0) is 26.7 Å². The van der Waals surface area contributed by atoms with E-state index in [1.54, 1.807) is 16.6 Å². The number of nitrogens with one attached hydrogen (secondary N) is 1. The summed E-state index contributed by atoms with van der Waals surface area (Å²) >= 11 is 0. The van der Waals surface area contributed by atoms with Crippen LogP contribution in [0.3, 0.4) is 0 Å². The highest BCUT2D eigenvalue weighted by Gasteiger charge is 2.27. The van der Waals surface area contributed by atoms with Crippen LogP contribution in [0.4, 0.5) is 5.69 Å². The highest BCUT2D eigenvalue weighted by Crippen LogP contribution is 2.19. The lowest BCUT2D eigenvalue weighted by atomic mass is 9.96. The van der Waals surface area contributed by atoms with E-state index < -0.39 is 0 Å². The van der Waals surface area contributed by atoms with Gasteiger partial charge in [0.1, 0.15) is 6.54 Å². The largest absolute Gasteiger partial charge is 0.396 e. The average molecular weight is 293 g/mol. The van der Waals surface area contributed by atoms with E-state index in [1.165, 1.54) is 0 Å². The van der Waals surface area contributed by atoms with Crippen molar-refractivity contribution in [3.63, 3.8) is 0 Å². The van der Waals surface area contributed by atoms with Gasteiger partial charge < -0.3 is 16.0 Å². The van der Waals surface area contributed by atoms with Gasteiger partial charge >= 0.3 is 0 Å². The molecule has 21 heavy (non-hydrogen) atoms. The van der Waals surface area contributed by atoms with E-state index in [1.807, 2.05) is 13.8 Å². The molecule has 0 unspecified atom stereocenters.